The molecule has 1 aromatic carbocycles. The van der Waals surface area contributed by atoms with E-state index in [4.69, 9.17) is 16.3 Å². The molecule has 0 spiro atoms. The standard InChI is InChI=1S/C14H18BrClN2O2/c1-8-3-4-17-12(5-8)14(19)18-11-7-9(16)6-10(15)13(11)20-2/h6-8,12,17H,3-5H2,1-2H3,(H,18,19). The zero-order chi connectivity index (χ0) is 14.7. The van der Waals surface area contributed by atoms with Gasteiger partial charge in [0.1, 0.15) is 0 Å². The Morgan fingerprint density at radius 2 is 2.30 bits per heavy atom. The molecule has 20 heavy (non-hydrogen) atoms. The van der Waals surface area contributed by atoms with Crippen molar-refractivity contribution in [1.29, 1.82) is 0 Å². The number of methoxy groups -OCH3 is 1. The minimum Gasteiger partial charge on any atom is -0.493 e. The van der Waals surface area contributed by atoms with Crippen LogP contribution in [0.5, 0.6) is 5.75 Å². The van der Waals surface area contributed by atoms with Gasteiger partial charge in [-0.3, -0.25) is 4.79 Å². The van der Waals surface area contributed by atoms with E-state index in [1.807, 2.05) is 0 Å². The van der Waals surface area contributed by atoms with Crippen LogP contribution in [-0.2, 0) is 4.79 Å². The van der Waals surface area contributed by atoms with Gasteiger partial charge in [-0.1, -0.05) is 18.5 Å². The fourth-order valence-electron chi connectivity index (χ4n) is 2.39. The summed E-state index contributed by atoms with van der Waals surface area (Å²) in [5, 5.41) is 6.67. The number of nitrogens with one attached hydrogen (secondary N) is 2. The number of amides is 1. The van der Waals surface area contributed by atoms with E-state index >= 15 is 0 Å². The van der Waals surface area contributed by atoms with Gasteiger partial charge in [-0.15, -0.1) is 0 Å². The lowest BCUT2D eigenvalue weighted by Crippen LogP contribution is -2.45. The highest BCUT2D eigenvalue weighted by atomic mass is 79.9. The summed E-state index contributed by atoms with van der Waals surface area (Å²) in [5.41, 5.74) is 0.580. The monoisotopic (exact) mass is 360 g/mol. The van der Waals surface area contributed by atoms with Gasteiger partial charge in [0.2, 0.25) is 5.91 Å². The summed E-state index contributed by atoms with van der Waals surface area (Å²) in [6.07, 6.45) is 1.95. The van der Waals surface area contributed by atoms with E-state index in [1.165, 1.54) is 0 Å². The highest BCUT2D eigenvalue weighted by molar-refractivity contribution is 9.10. The highest BCUT2D eigenvalue weighted by Gasteiger charge is 2.25. The Morgan fingerprint density at radius 3 is 2.95 bits per heavy atom. The number of hydrogen-bond donors (Lipinski definition) is 2. The summed E-state index contributed by atoms with van der Waals surface area (Å²) >= 11 is 9.40. The molecule has 0 aromatic heterocycles. The molecule has 4 nitrogen and oxygen atoms in total. The van der Waals surface area contributed by atoms with E-state index in [9.17, 15) is 4.79 Å². The van der Waals surface area contributed by atoms with Crippen LogP contribution in [0.4, 0.5) is 5.69 Å². The Labute approximate surface area is 132 Å². The maximum absolute atomic E-state index is 12.3. The third-order valence-corrected chi connectivity index (χ3v) is 4.26. The van der Waals surface area contributed by atoms with Gasteiger partial charge in [0.15, 0.2) is 5.75 Å². The Bertz CT molecular complexity index is 510. The van der Waals surface area contributed by atoms with Crippen molar-refractivity contribution in [3.8, 4) is 5.75 Å². The fourth-order valence-corrected chi connectivity index (χ4v) is 3.36. The number of benzene rings is 1. The summed E-state index contributed by atoms with van der Waals surface area (Å²) < 4.78 is 6.02. The first-order chi connectivity index (χ1) is 9.51. The van der Waals surface area contributed by atoms with Crippen LogP contribution in [-0.4, -0.2) is 25.6 Å². The molecule has 2 atom stereocenters. The molecule has 2 unspecified atom stereocenters. The number of anilines is 1. The molecule has 0 saturated carbocycles. The van der Waals surface area contributed by atoms with Gasteiger partial charge in [0.05, 0.1) is 23.3 Å². The molecule has 1 aliphatic heterocycles. The summed E-state index contributed by atoms with van der Waals surface area (Å²) in [6.45, 7) is 3.04. The van der Waals surface area contributed by atoms with E-state index in [2.05, 4.69) is 33.5 Å². The Hall–Kier alpha value is -0.780. The van der Waals surface area contributed by atoms with Crippen LogP contribution in [0.3, 0.4) is 0 Å². The Kier molecular flexibility index (Phi) is 5.29. The lowest BCUT2D eigenvalue weighted by Gasteiger charge is -2.27. The van der Waals surface area contributed by atoms with Gasteiger partial charge in [0.25, 0.3) is 0 Å². The quantitative estimate of drug-likeness (QED) is 0.867. The van der Waals surface area contributed by atoms with Crippen LogP contribution < -0.4 is 15.4 Å². The minimum atomic E-state index is -0.166. The summed E-state index contributed by atoms with van der Waals surface area (Å²) in [7, 11) is 1.56. The number of carbonyl (C=O) groups is 1. The second kappa shape index (κ2) is 6.78. The van der Waals surface area contributed by atoms with Crippen molar-refractivity contribution >= 4 is 39.1 Å². The lowest BCUT2D eigenvalue weighted by molar-refractivity contribution is -0.119. The molecule has 110 valence electrons. The predicted molar refractivity (Wildman–Crippen MR) is 84.5 cm³/mol. The molecule has 1 aliphatic rings. The Balaban J connectivity index is 2.15. The molecule has 1 heterocycles. The zero-order valence-corrected chi connectivity index (χ0v) is 13.8. The third-order valence-electron chi connectivity index (χ3n) is 3.45. The van der Waals surface area contributed by atoms with Crippen LogP contribution in [0.25, 0.3) is 0 Å². The van der Waals surface area contributed by atoms with E-state index < -0.39 is 0 Å². The van der Waals surface area contributed by atoms with E-state index in [1.54, 1.807) is 19.2 Å². The average Bonchev–Trinajstić information content (AvgIpc) is 2.38. The summed E-state index contributed by atoms with van der Waals surface area (Å²) in [4.78, 5) is 12.3. The van der Waals surface area contributed by atoms with E-state index in [0.717, 1.165) is 19.4 Å². The van der Waals surface area contributed by atoms with Crippen molar-refractivity contribution in [2.24, 2.45) is 5.92 Å². The average molecular weight is 362 g/mol. The van der Waals surface area contributed by atoms with Crippen LogP contribution >= 0.6 is 27.5 Å². The smallest absolute Gasteiger partial charge is 0.241 e. The number of halogens is 2. The normalized spacial score (nSPS) is 22.4. The molecule has 1 amide bonds. The minimum absolute atomic E-state index is 0.0518. The fraction of sp³-hybridized carbons (Fsp3) is 0.500. The summed E-state index contributed by atoms with van der Waals surface area (Å²) in [6, 6.07) is 3.26. The number of carbonyl (C=O) groups excluding carboxylic acids is 1. The predicted octanol–water partition coefficient (Wildman–Crippen LogP) is 3.44. The van der Waals surface area contributed by atoms with Crippen LogP contribution in [0.1, 0.15) is 19.8 Å². The first-order valence-corrected chi connectivity index (χ1v) is 7.75. The van der Waals surface area contributed by atoms with Gasteiger partial charge in [-0.25, -0.2) is 0 Å². The second-order valence-electron chi connectivity index (χ2n) is 5.09. The van der Waals surface area contributed by atoms with Crippen molar-refractivity contribution < 1.29 is 9.53 Å². The maximum Gasteiger partial charge on any atom is 0.241 e. The number of piperidine rings is 1. The Morgan fingerprint density at radius 1 is 1.55 bits per heavy atom. The van der Waals surface area contributed by atoms with Crippen LogP contribution in [0.2, 0.25) is 5.02 Å². The molecule has 2 rings (SSSR count). The molecule has 0 bridgehead atoms. The van der Waals surface area contributed by atoms with Gasteiger partial charge < -0.3 is 15.4 Å². The molecule has 1 aromatic rings. The second-order valence-corrected chi connectivity index (χ2v) is 6.38. The van der Waals surface area contributed by atoms with E-state index in [0.29, 0.717) is 26.9 Å². The molecule has 1 fully saturated rings. The molecule has 0 aliphatic carbocycles. The molecule has 2 N–H and O–H groups in total. The molecule has 0 radical (unpaired) electrons. The SMILES string of the molecule is COc1c(Br)cc(Cl)cc1NC(=O)C1CC(C)CCN1. The van der Waals surface area contributed by atoms with Crippen molar-refractivity contribution in [3.05, 3.63) is 21.6 Å². The number of rotatable bonds is 3. The largest absolute Gasteiger partial charge is 0.493 e. The van der Waals surface area contributed by atoms with Crippen molar-refractivity contribution in [2.75, 3.05) is 19.0 Å². The van der Waals surface area contributed by atoms with Gasteiger partial charge >= 0.3 is 0 Å². The topological polar surface area (TPSA) is 50.4 Å². The van der Waals surface area contributed by atoms with Crippen LogP contribution in [0.15, 0.2) is 16.6 Å². The van der Waals surface area contributed by atoms with E-state index in [-0.39, 0.29) is 11.9 Å². The number of ether oxygens (including phenoxy) is 1. The van der Waals surface area contributed by atoms with Gasteiger partial charge in [0, 0.05) is 5.02 Å². The summed E-state index contributed by atoms with van der Waals surface area (Å²) in [5.74, 6) is 1.08. The maximum atomic E-state index is 12.3. The lowest BCUT2D eigenvalue weighted by atomic mass is 9.94. The van der Waals surface area contributed by atoms with Gasteiger partial charge in [-0.2, -0.15) is 0 Å². The molecular formula is C14H18BrClN2O2. The number of hydrogen-bond acceptors (Lipinski definition) is 3. The first-order valence-electron chi connectivity index (χ1n) is 6.58. The van der Waals surface area contributed by atoms with Crippen molar-refractivity contribution in [3.63, 3.8) is 0 Å². The zero-order valence-electron chi connectivity index (χ0n) is 11.5. The molecule has 6 heteroatoms. The molecular weight excluding hydrogens is 344 g/mol. The van der Waals surface area contributed by atoms with Gasteiger partial charge in [-0.05, 0) is 53.4 Å². The van der Waals surface area contributed by atoms with Crippen molar-refractivity contribution in [2.45, 2.75) is 25.8 Å². The highest BCUT2D eigenvalue weighted by Crippen LogP contribution is 2.36. The van der Waals surface area contributed by atoms with Crippen molar-refractivity contribution in [1.82, 2.24) is 5.32 Å². The first kappa shape index (κ1) is 15.6. The molecule has 1 saturated heterocycles. The third kappa shape index (κ3) is 3.65. The van der Waals surface area contributed by atoms with Crippen LogP contribution in [0, 0.1) is 5.92 Å².